The van der Waals surface area contributed by atoms with Crippen molar-refractivity contribution in [3.63, 3.8) is 0 Å². The minimum Gasteiger partial charge on any atom is -0.343 e. The van der Waals surface area contributed by atoms with Crippen molar-refractivity contribution in [2.75, 3.05) is 19.6 Å². The zero-order valence-corrected chi connectivity index (χ0v) is 13.1. The lowest BCUT2D eigenvalue weighted by Gasteiger charge is -2.30. The molecule has 0 atom stereocenters. The molecular formula is C17H24N2O2. The first-order valence-electron chi connectivity index (χ1n) is 7.60. The predicted molar refractivity (Wildman–Crippen MR) is 83.2 cm³/mol. The van der Waals surface area contributed by atoms with Crippen LogP contribution >= 0.6 is 0 Å². The highest BCUT2D eigenvalue weighted by Gasteiger charge is 2.20. The molecule has 0 saturated carbocycles. The van der Waals surface area contributed by atoms with Crippen LogP contribution < -0.4 is 5.32 Å². The summed E-state index contributed by atoms with van der Waals surface area (Å²) in [4.78, 5) is 26.0. The van der Waals surface area contributed by atoms with Gasteiger partial charge in [0.15, 0.2) is 0 Å². The van der Waals surface area contributed by atoms with Crippen molar-refractivity contribution in [3.05, 3.63) is 34.9 Å². The van der Waals surface area contributed by atoms with Gasteiger partial charge in [-0.25, -0.2) is 0 Å². The summed E-state index contributed by atoms with van der Waals surface area (Å²) in [5.41, 5.74) is 2.72. The summed E-state index contributed by atoms with van der Waals surface area (Å²) in [5.74, 6) is 0.527. The molecular weight excluding hydrogens is 264 g/mol. The van der Waals surface area contributed by atoms with Crippen LogP contribution in [0.25, 0.3) is 0 Å². The van der Waals surface area contributed by atoms with E-state index < -0.39 is 0 Å². The molecule has 0 spiro atoms. The molecule has 1 heterocycles. The van der Waals surface area contributed by atoms with Crippen LogP contribution in [-0.2, 0) is 4.79 Å². The maximum atomic E-state index is 12.1. The van der Waals surface area contributed by atoms with E-state index in [4.69, 9.17) is 0 Å². The fourth-order valence-corrected chi connectivity index (χ4v) is 2.73. The first kappa shape index (κ1) is 15.5. The Bertz CT molecular complexity index is 511. The monoisotopic (exact) mass is 288 g/mol. The maximum absolute atomic E-state index is 12.1. The summed E-state index contributed by atoms with van der Waals surface area (Å²) in [5, 5.41) is 2.73. The van der Waals surface area contributed by atoms with Crippen molar-refractivity contribution in [1.29, 1.82) is 0 Å². The van der Waals surface area contributed by atoms with E-state index in [1.165, 1.54) is 0 Å². The van der Waals surface area contributed by atoms with E-state index in [-0.39, 0.29) is 18.4 Å². The number of hydrogen-bond acceptors (Lipinski definition) is 2. The van der Waals surface area contributed by atoms with E-state index in [0.717, 1.165) is 37.1 Å². The van der Waals surface area contributed by atoms with Gasteiger partial charge in [0.05, 0.1) is 6.54 Å². The summed E-state index contributed by atoms with van der Waals surface area (Å²) in [6, 6.07) is 5.71. The molecule has 1 aliphatic heterocycles. The van der Waals surface area contributed by atoms with Gasteiger partial charge in [0.2, 0.25) is 5.91 Å². The standard InChI is InChI=1S/C17H24N2O2/c1-12-4-6-19(7-5-12)16(20)11-18-17(21)15-9-13(2)8-14(3)10-15/h8-10,12H,4-7,11H2,1-3H3,(H,18,21). The van der Waals surface area contributed by atoms with Crippen LogP contribution in [0.1, 0.15) is 41.3 Å². The van der Waals surface area contributed by atoms with Gasteiger partial charge >= 0.3 is 0 Å². The second kappa shape index (κ2) is 6.74. The Labute approximate surface area is 126 Å². The van der Waals surface area contributed by atoms with Crippen molar-refractivity contribution in [2.24, 2.45) is 5.92 Å². The number of aryl methyl sites for hydroxylation is 2. The summed E-state index contributed by atoms with van der Waals surface area (Å²) >= 11 is 0. The lowest BCUT2D eigenvalue weighted by Crippen LogP contribution is -2.43. The smallest absolute Gasteiger partial charge is 0.251 e. The number of hydrogen-bond donors (Lipinski definition) is 1. The van der Waals surface area contributed by atoms with Crippen LogP contribution in [0.15, 0.2) is 18.2 Å². The van der Waals surface area contributed by atoms with Gasteiger partial charge in [-0.1, -0.05) is 24.1 Å². The van der Waals surface area contributed by atoms with Crippen molar-refractivity contribution in [2.45, 2.75) is 33.6 Å². The van der Waals surface area contributed by atoms with E-state index >= 15 is 0 Å². The number of piperidine rings is 1. The summed E-state index contributed by atoms with van der Waals surface area (Å²) in [6.07, 6.45) is 2.10. The lowest BCUT2D eigenvalue weighted by molar-refractivity contribution is -0.131. The van der Waals surface area contributed by atoms with Gasteiger partial charge in [0.1, 0.15) is 0 Å². The number of carbonyl (C=O) groups is 2. The Morgan fingerprint density at radius 3 is 2.29 bits per heavy atom. The van der Waals surface area contributed by atoms with E-state index in [2.05, 4.69) is 12.2 Å². The SMILES string of the molecule is Cc1cc(C)cc(C(=O)NCC(=O)N2CCC(C)CC2)c1. The van der Waals surface area contributed by atoms with Crippen molar-refractivity contribution in [1.82, 2.24) is 10.2 Å². The summed E-state index contributed by atoms with van der Waals surface area (Å²) < 4.78 is 0. The third kappa shape index (κ3) is 4.31. The van der Waals surface area contributed by atoms with Crippen LogP contribution in [-0.4, -0.2) is 36.3 Å². The number of nitrogens with zero attached hydrogens (tertiary/aromatic N) is 1. The lowest BCUT2D eigenvalue weighted by atomic mass is 9.99. The van der Waals surface area contributed by atoms with Gasteiger partial charge in [-0.3, -0.25) is 9.59 Å². The summed E-state index contributed by atoms with van der Waals surface area (Å²) in [7, 11) is 0. The van der Waals surface area contributed by atoms with E-state index in [1.54, 1.807) is 0 Å². The zero-order valence-electron chi connectivity index (χ0n) is 13.1. The first-order valence-corrected chi connectivity index (χ1v) is 7.60. The molecule has 0 radical (unpaired) electrons. The second-order valence-electron chi connectivity index (χ2n) is 6.12. The first-order chi connectivity index (χ1) is 9.95. The van der Waals surface area contributed by atoms with Crippen LogP contribution in [0.2, 0.25) is 0 Å². The van der Waals surface area contributed by atoms with Gasteiger partial charge in [-0.2, -0.15) is 0 Å². The normalized spacial score (nSPS) is 15.9. The fourth-order valence-electron chi connectivity index (χ4n) is 2.73. The molecule has 1 aromatic rings. The van der Waals surface area contributed by atoms with Gasteiger partial charge in [-0.15, -0.1) is 0 Å². The average molecular weight is 288 g/mol. The Balaban J connectivity index is 1.87. The topological polar surface area (TPSA) is 49.4 Å². The third-order valence-electron chi connectivity index (χ3n) is 4.02. The molecule has 0 unspecified atom stereocenters. The van der Waals surface area contributed by atoms with Crippen molar-refractivity contribution >= 4 is 11.8 Å². The molecule has 4 heteroatoms. The molecule has 4 nitrogen and oxygen atoms in total. The molecule has 1 fully saturated rings. The molecule has 2 rings (SSSR count). The number of rotatable bonds is 3. The second-order valence-corrected chi connectivity index (χ2v) is 6.12. The third-order valence-corrected chi connectivity index (χ3v) is 4.02. The molecule has 21 heavy (non-hydrogen) atoms. The molecule has 2 amide bonds. The highest BCUT2D eigenvalue weighted by molar-refractivity contribution is 5.96. The van der Waals surface area contributed by atoms with Gasteiger partial charge in [0, 0.05) is 18.7 Å². The molecule has 0 bridgehead atoms. The zero-order chi connectivity index (χ0) is 15.4. The Hall–Kier alpha value is -1.84. The van der Waals surface area contributed by atoms with Crippen LogP contribution in [0.4, 0.5) is 0 Å². The predicted octanol–water partition coefficient (Wildman–Crippen LogP) is 2.29. The van der Waals surface area contributed by atoms with Gasteiger partial charge in [0.25, 0.3) is 5.91 Å². The van der Waals surface area contributed by atoms with E-state index in [9.17, 15) is 9.59 Å². The number of carbonyl (C=O) groups excluding carboxylic acids is 2. The highest BCUT2D eigenvalue weighted by atomic mass is 16.2. The molecule has 1 aromatic carbocycles. The maximum Gasteiger partial charge on any atom is 0.251 e. The van der Waals surface area contributed by atoms with Crippen LogP contribution in [0.5, 0.6) is 0 Å². The number of likely N-dealkylation sites (tertiary alicyclic amines) is 1. The Morgan fingerprint density at radius 2 is 1.71 bits per heavy atom. The summed E-state index contributed by atoms with van der Waals surface area (Å²) in [6.45, 7) is 7.83. The highest BCUT2D eigenvalue weighted by Crippen LogP contribution is 2.15. The number of amides is 2. The minimum absolute atomic E-state index is 0.0135. The van der Waals surface area contributed by atoms with Gasteiger partial charge in [-0.05, 0) is 44.7 Å². The van der Waals surface area contributed by atoms with Gasteiger partial charge < -0.3 is 10.2 Å². The van der Waals surface area contributed by atoms with Crippen molar-refractivity contribution in [3.8, 4) is 0 Å². The Kier molecular flexibility index (Phi) is 4.99. The largest absolute Gasteiger partial charge is 0.343 e. The molecule has 114 valence electrons. The quantitative estimate of drug-likeness (QED) is 0.927. The van der Waals surface area contributed by atoms with E-state index in [0.29, 0.717) is 11.5 Å². The minimum atomic E-state index is -0.180. The number of benzene rings is 1. The molecule has 1 saturated heterocycles. The fraction of sp³-hybridized carbons (Fsp3) is 0.529. The molecule has 1 N–H and O–H groups in total. The molecule has 0 aromatic heterocycles. The van der Waals surface area contributed by atoms with E-state index in [1.807, 2.05) is 36.9 Å². The number of nitrogens with one attached hydrogen (secondary N) is 1. The Morgan fingerprint density at radius 1 is 1.14 bits per heavy atom. The molecule has 0 aliphatic carbocycles. The van der Waals surface area contributed by atoms with Crippen LogP contribution in [0, 0.1) is 19.8 Å². The van der Waals surface area contributed by atoms with Crippen molar-refractivity contribution < 1.29 is 9.59 Å². The van der Waals surface area contributed by atoms with Crippen LogP contribution in [0.3, 0.4) is 0 Å². The average Bonchev–Trinajstić information content (AvgIpc) is 2.44. The molecule has 1 aliphatic rings.